The molecular weight excluding hydrogens is 709 g/mol. The van der Waals surface area contributed by atoms with Crippen molar-refractivity contribution in [1.29, 1.82) is 0 Å². The summed E-state index contributed by atoms with van der Waals surface area (Å²) in [5.74, 6) is -0.0479. The monoisotopic (exact) mass is 789 g/mol. The average Bonchev–Trinajstić information content (AvgIpc) is 3.54. The normalized spacial score (nSPS) is 16.9. The first-order chi connectivity index (χ1) is 27.1. The Balaban J connectivity index is 0.00000206. The van der Waals surface area contributed by atoms with Crippen molar-refractivity contribution in [3.05, 3.63) is 83.6 Å². The van der Waals surface area contributed by atoms with Crippen molar-refractivity contribution in [3.8, 4) is 0 Å². The van der Waals surface area contributed by atoms with Crippen LogP contribution in [0.1, 0.15) is 175 Å². The Morgan fingerprint density at radius 1 is 0.696 bits per heavy atom. The summed E-state index contributed by atoms with van der Waals surface area (Å²) in [6.45, 7) is 18.0. The minimum atomic E-state index is -0.0479. The van der Waals surface area contributed by atoms with Gasteiger partial charge in [-0.05, 0) is 68.7 Å². The van der Waals surface area contributed by atoms with E-state index in [0.29, 0.717) is 19.1 Å². The maximum absolute atomic E-state index is 11.6. The van der Waals surface area contributed by atoms with Gasteiger partial charge in [0.05, 0.1) is 12.6 Å². The summed E-state index contributed by atoms with van der Waals surface area (Å²) in [4.78, 5) is 25.7. The third kappa shape index (κ3) is 15.1. The van der Waals surface area contributed by atoms with E-state index in [9.17, 15) is 4.79 Å². The Hall–Kier alpha value is -2.99. The molecule has 0 aromatic heterocycles. The van der Waals surface area contributed by atoms with Crippen LogP contribution in [0.4, 0.5) is 11.4 Å². The van der Waals surface area contributed by atoms with Crippen molar-refractivity contribution in [1.82, 2.24) is 0 Å². The molecule has 314 valence electrons. The molecule has 0 radical (unpaired) electrons. The molecule has 0 amide bonds. The van der Waals surface area contributed by atoms with Crippen molar-refractivity contribution < 1.29 is 14.3 Å². The standard InChI is InChI=1S/C47H72N2O2.C2H4O.CH4S/c1-7-9-10-11-12-14-17-20-27-37-48-41-32-25-23-30-39(41)46(3,4)43(48)34-29-35-44-47(5,6)40-31-24-26-33-42(40)49(44)38-28-21-18-15-13-16-19-22-36-45(50)51-8-2;1-2-3;1-2/h23-26,29-35,44H,7-22,27-28,36-38H2,1-6H3;2H,1H3;2H,1H3/b35-29+,43-34+;;. The van der Waals surface area contributed by atoms with Gasteiger partial charge in [-0.25, -0.2) is 0 Å². The van der Waals surface area contributed by atoms with Gasteiger partial charge in [0.2, 0.25) is 0 Å². The molecule has 2 aliphatic heterocycles. The van der Waals surface area contributed by atoms with Gasteiger partial charge < -0.3 is 19.3 Å². The highest BCUT2D eigenvalue weighted by Gasteiger charge is 2.43. The van der Waals surface area contributed by atoms with Gasteiger partial charge in [0.15, 0.2) is 0 Å². The van der Waals surface area contributed by atoms with Crippen LogP contribution in [0.15, 0.2) is 72.5 Å². The first kappa shape index (κ1) is 49.2. The van der Waals surface area contributed by atoms with E-state index >= 15 is 0 Å². The lowest BCUT2D eigenvalue weighted by Crippen LogP contribution is -2.40. The maximum Gasteiger partial charge on any atom is 0.305 e. The van der Waals surface area contributed by atoms with Crippen molar-refractivity contribution in [2.75, 3.05) is 35.8 Å². The minimum Gasteiger partial charge on any atom is -0.466 e. The number of aldehydes is 1. The Kier molecular flexibility index (Phi) is 24.2. The molecule has 0 bridgehead atoms. The SMILES string of the molecule is CC=O.CCCCCCCCCCCN1/C(=C/C=C/C2N(CCCCCCCCCCC(=O)OCC)c3ccccc3C2(C)C)C(C)(C)c2ccccc21.CS. The molecule has 1 unspecified atom stereocenters. The molecule has 1 atom stereocenters. The van der Waals surface area contributed by atoms with Gasteiger partial charge in [-0.3, -0.25) is 4.79 Å². The van der Waals surface area contributed by atoms with Gasteiger partial charge in [0.25, 0.3) is 0 Å². The van der Waals surface area contributed by atoms with E-state index < -0.39 is 0 Å². The number of esters is 1. The molecule has 5 nitrogen and oxygen atoms in total. The van der Waals surface area contributed by atoms with Crippen molar-refractivity contribution >= 4 is 36.3 Å². The summed E-state index contributed by atoms with van der Waals surface area (Å²) in [6.07, 6.45) is 32.2. The molecule has 2 aromatic rings. The van der Waals surface area contributed by atoms with Crippen LogP contribution < -0.4 is 9.80 Å². The van der Waals surface area contributed by atoms with Crippen LogP contribution in [0.5, 0.6) is 0 Å². The molecule has 0 saturated carbocycles. The molecule has 6 heteroatoms. The molecule has 0 fully saturated rings. The second-order valence-electron chi connectivity index (χ2n) is 16.6. The number of benzene rings is 2. The summed E-state index contributed by atoms with van der Waals surface area (Å²) >= 11 is 3.53. The van der Waals surface area contributed by atoms with Gasteiger partial charge in [-0.15, -0.1) is 0 Å². The summed E-state index contributed by atoms with van der Waals surface area (Å²) < 4.78 is 5.05. The smallest absolute Gasteiger partial charge is 0.305 e. The fourth-order valence-corrected chi connectivity index (χ4v) is 8.63. The lowest BCUT2D eigenvalue weighted by atomic mass is 9.80. The lowest BCUT2D eigenvalue weighted by molar-refractivity contribution is -0.143. The summed E-state index contributed by atoms with van der Waals surface area (Å²) in [7, 11) is 0. The fraction of sp³-hybridized carbons (Fsp3) is 0.640. The van der Waals surface area contributed by atoms with Crippen molar-refractivity contribution in [2.45, 2.75) is 181 Å². The average molecular weight is 789 g/mol. The summed E-state index contributed by atoms with van der Waals surface area (Å²) in [5, 5.41) is 0. The topological polar surface area (TPSA) is 49.9 Å². The number of unbranched alkanes of at least 4 members (excludes halogenated alkanes) is 15. The molecule has 2 heterocycles. The Morgan fingerprint density at radius 2 is 1.18 bits per heavy atom. The number of anilines is 2. The number of para-hydroxylation sites is 2. The molecule has 56 heavy (non-hydrogen) atoms. The van der Waals surface area contributed by atoms with Crippen LogP contribution in [0.2, 0.25) is 0 Å². The van der Waals surface area contributed by atoms with Crippen LogP contribution in [-0.4, -0.2) is 44.2 Å². The fourth-order valence-electron chi connectivity index (χ4n) is 8.63. The molecular formula is C50H80N2O3S. The number of carbonyl (C=O) groups excluding carboxylic acids is 2. The van der Waals surface area contributed by atoms with E-state index in [0.717, 1.165) is 32.2 Å². The number of thiol groups is 1. The van der Waals surface area contributed by atoms with Crippen LogP contribution in [0.3, 0.4) is 0 Å². The van der Waals surface area contributed by atoms with Crippen LogP contribution in [0, 0.1) is 0 Å². The highest BCUT2D eigenvalue weighted by atomic mass is 32.1. The number of hydrogen-bond donors (Lipinski definition) is 1. The van der Waals surface area contributed by atoms with Gasteiger partial charge in [-0.1, -0.05) is 173 Å². The number of hydrogen-bond acceptors (Lipinski definition) is 6. The Bertz CT molecular complexity index is 1450. The van der Waals surface area contributed by atoms with E-state index in [-0.39, 0.29) is 16.8 Å². The van der Waals surface area contributed by atoms with E-state index in [1.807, 2.05) is 6.92 Å². The zero-order valence-electron chi connectivity index (χ0n) is 36.9. The predicted octanol–water partition coefficient (Wildman–Crippen LogP) is 13.7. The third-order valence-electron chi connectivity index (χ3n) is 11.7. The Labute approximate surface area is 349 Å². The molecule has 0 N–H and O–H groups in total. The van der Waals surface area contributed by atoms with Crippen LogP contribution >= 0.6 is 12.6 Å². The van der Waals surface area contributed by atoms with E-state index in [4.69, 9.17) is 9.53 Å². The second kappa shape index (κ2) is 27.6. The Morgan fingerprint density at radius 3 is 1.75 bits per heavy atom. The zero-order chi connectivity index (χ0) is 41.2. The lowest BCUT2D eigenvalue weighted by Gasteiger charge is -2.32. The largest absolute Gasteiger partial charge is 0.466 e. The zero-order valence-corrected chi connectivity index (χ0v) is 37.8. The molecule has 0 spiro atoms. The molecule has 0 saturated heterocycles. The van der Waals surface area contributed by atoms with Crippen molar-refractivity contribution in [2.24, 2.45) is 0 Å². The third-order valence-corrected chi connectivity index (χ3v) is 11.7. The quantitative estimate of drug-likeness (QED) is 0.0497. The van der Waals surface area contributed by atoms with Gasteiger partial charge >= 0.3 is 5.97 Å². The van der Waals surface area contributed by atoms with Crippen LogP contribution in [-0.2, 0) is 25.2 Å². The first-order valence-corrected chi connectivity index (χ1v) is 23.2. The maximum atomic E-state index is 11.6. The highest BCUT2D eigenvalue weighted by molar-refractivity contribution is 7.79. The van der Waals surface area contributed by atoms with E-state index in [2.05, 4.69) is 124 Å². The number of rotatable bonds is 24. The number of fused-ring (bicyclic) bond motifs is 2. The summed E-state index contributed by atoms with van der Waals surface area (Å²) in [6, 6.07) is 18.5. The second-order valence-corrected chi connectivity index (χ2v) is 16.6. The summed E-state index contributed by atoms with van der Waals surface area (Å²) in [5.41, 5.74) is 7.18. The number of ether oxygens (including phenoxy) is 1. The minimum absolute atomic E-state index is 0.0189. The van der Waals surface area contributed by atoms with Crippen LogP contribution in [0.25, 0.3) is 0 Å². The molecule has 2 aliphatic rings. The molecule has 0 aliphatic carbocycles. The van der Waals surface area contributed by atoms with Gasteiger partial charge in [-0.2, -0.15) is 12.6 Å². The van der Waals surface area contributed by atoms with E-state index in [1.165, 1.54) is 131 Å². The number of carbonyl (C=O) groups is 2. The first-order valence-electron chi connectivity index (χ1n) is 22.3. The highest BCUT2D eigenvalue weighted by Crippen LogP contribution is 2.48. The number of allylic oxidation sites excluding steroid dienone is 3. The predicted molar refractivity (Wildman–Crippen MR) is 247 cm³/mol. The number of nitrogens with zero attached hydrogens (tertiary/aromatic N) is 2. The van der Waals surface area contributed by atoms with Gasteiger partial charge in [0.1, 0.15) is 6.29 Å². The van der Waals surface area contributed by atoms with E-state index in [1.54, 1.807) is 6.26 Å². The molecule has 2 aromatic carbocycles. The van der Waals surface area contributed by atoms with Crippen molar-refractivity contribution in [3.63, 3.8) is 0 Å². The molecule has 4 rings (SSSR count). The van der Waals surface area contributed by atoms with Gasteiger partial charge in [0, 0.05) is 47.4 Å².